The van der Waals surface area contributed by atoms with Gasteiger partial charge in [0.2, 0.25) is 0 Å². The Morgan fingerprint density at radius 3 is 0.717 bits per heavy atom. The Morgan fingerprint density at radius 2 is 0.481 bits per heavy atom. The molecule has 17 nitrogen and oxygen atoms in total. The lowest BCUT2D eigenvalue weighted by Gasteiger charge is -2.21. The van der Waals surface area contributed by atoms with Crippen molar-refractivity contribution in [1.82, 2.24) is 0 Å². The first-order chi connectivity index (χ1) is 51.3. The van der Waals surface area contributed by atoms with Crippen molar-refractivity contribution < 1.29 is 80.2 Å². The lowest BCUT2D eigenvalue weighted by Crippen LogP contribution is -2.30. The van der Waals surface area contributed by atoms with Crippen LogP contribution in [0.4, 0.5) is 0 Å². The standard InChI is InChI=1S/C87H170O17P2/c1-8-10-11-12-13-14-15-24-33-40-47-54-61-68-84(89)97-75-83(104-87(92)71-64-57-50-43-36-29-31-38-45-52-59-66-79(5)6)77-102-106(95,96)100-73-81(88)72-99-105(93,94)101-76-82(74-98-85(90)69-62-55-48-41-34-27-23-22-25-30-37-44-51-58-65-78(3)4)103-86(91)70-63-56-49-42-35-28-21-19-17-16-18-20-26-32-39-46-53-60-67-80(7)9-2/h78-83,88H,8-77H2,1-7H3,(H,93,94)(H,95,96)/t80?,81-,82-,83-/m1/s1. The van der Waals surface area contributed by atoms with Gasteiger partial charge >= 0.3 is 39.5 Å². The predicted molar refractivity (Wildman–Crippen MR) is 437 cm³/mol. The maximum absolute atomic E-state index is 13.2. The van der Waals surface area contributed by atoms with Crippen molar-refractivity contribution in [2.24, 2.45) is 17.8 Å². The molecule has 0 saturated heterocycles. The van der Waals surface area contributed by atoms with Crippen molar-refractivity contribution in [1.29, 1.82) is 0 Å². The third kappa shape index (κ3) is 78.7. The van der Waals surface area contributed by atoms with Crippen molar-refractivity contribution in [2.45, 2.75) is 478 Å². The van der Waals surface area contributed by atoms with Gasteiger partial charge in [0.25, 0.3) is 0 Å². The van der Waals surface area contributed by atoms with Gasteiger partial charge in [0.15, 0.2) is 12.2 Å². The van der Waals surface area contributed by atoms with E-state index in [1.807, 2.05) is 0 Å². The molecule has 3 unspecified atom stereocenters. The summed E-state index contributed by atoms with van der Waals surface area (Å²) in [7, 11) is -9.93. The average Bonchev–Trinajstić information content (AvgIpc) is 0.901. The minimum Gasteiger partial charge on any atom is -0.462 e. The van der Waals surface area contributed by atoms with Gasteiger partial charge in [-0.2, -0.15) is 0 Å². The van der Waals surface area contributed by atoms with Gasteiger partial charge in [-0.05, 0) is 43.4 Å². The quantitative estimate of drug-likeness (QED) is 0.0222. The number of hydrogen-bond donors (Lipinski definition) is 3. The van der Waals surface area contributed by atoms with Crippen molar-refractivity contribution in [3.8, 4) is 0 Å². The largest absolute Gasteiger partial charge is 0.472 e. The molecule has 0 spiro atoms. The molecule has 630 valence electrons. The van der Waals surface area contributed by atoms with E-state index in [4.69, 9.17) is 37.0 Å². The van der Waals surface area contributed by atoms with E-state index < -0.39 is 97.5 Å². The van der Waals surface area contributed by atoms with Crippen LogP contribution in [0.15, 0.2) is 0 Å². The summed E-state index contributed by atoms with van der Waals surface area (Å²) in [6.45, 7) is 12.1. The monoisotopic (exact) mass is 1550 g/mol. The van der Waals surface area contributed by atoms with Gasteiger partial charge in [-0.15, -0.1) is 0 Å². The number of aliphatic hydroxyl groups excluding tert-OH is 1. The molecule has 106 heavy (non-hydrogen) atoms. The smallest absolute Gasteiger partial charge is 0.462 e. The van der Waals surface area contributed by atoms with E-state index in [1.54, 1.807) is 0 Å². The molecule has 0 aromatic carbocycles. The van der Waals surface area contributed by atoms with Crippen molar-refractivity contribution in [3.05, 3.63) is 0 Å². The van der Waals surface area contributed by atoms with Crippen molar-refractivity contribution in [3.63, 3.8) is 0 Å². The number of carbonyl (C=O) groups is 4. The second-order valence-corrected chi connectivity index (χ2v) is 35.4. The van der Waals surface area contributed by atoms with Crippen LogP contribution in [-0.4, -0.2) is 96.7 Å². The molecule has 19 heteroatoms. The summed E-state index contributed by atoms with van der Waals surface area (Å²) in [4.78, 5) is 73.3. The van der Waals surface area contributed by atoms with E-state index in [0.29, 0.717) is 25.7 Å². The van der Waals surface area contributed by atoms with Crippen LogP contribution in [0.2, 0.25) is 0 Å². The average molecular weight is 1550 g/mol. The van der Waals surface area contributed by atoms with Crippen molar-refractivity contribution >= 4 is 39.5 Å². The van der Waals surface area contributed by atoms with Gasteiger partial charge in [-0.3, -0.25) is 37.3 Å². The van der Waals surface area contributed by atoms with Gasteiger partial charge < -0.3 is 33.8 Å². The zero-order valence-electron chi connectivity index (χ0n) is 69.9. The highest BCUT2D eigenvalue weighted by atomic mass is 31.2. The van der Waals surface area contributed by atoms with Crippen LogP contribution in [0.25, 0.3) is 0 Å². The fraction of sp³-hybridized carbons (Fsp3) is 0.954. The first kappa shape index (κ1) is 104. The predicted octanol–water partition coefficient (Wildman–Crippen LogP) is 26.5. The van der Waals surface area contributed by atoms with Gasteiger partial charge in [-0.25, -0.2) is 9.13 Å². The van der Waals surface area contributed by atoms with E-state index in [0.717, 1.165) is 108 Å². The Kier molecular flexibility index (Phi) is 75.6. The molecule has 0 aromatic rings. The highest BCUT2D eigenvalue weighted by Gasteiger charge is 2.31. The Hall–Kier alpha value is -1.94. The van der Waals surface area contributed by atoms with Crippen LogP contribution in [-0.2, 0) is 65.4 Å². The molecule has 0 radical (unpaired) electrons. The van der Waals surface area contributed by atoms with E-state index in [1.165, 1.54) is 270 Å². The zero-order valence-corrected chi connectivity index (χ0v) is 71.7. The molecule has 6 atom stereocenters. The summed E-state index contributed by atoms with van der Waals surface area (Å²) >= 11 is 0. The molecular weight excluding hydrogens is 1380 g/mol. The highest BCUT2D eigenvalue weighted by molar-refractivity contribution is 7.47. The van der Waals surface area contributed by atoms with Crippen LogP contribution in [0.3, 0.4) is 0 Å². The lowest BCUT2D eigenvalue weighted by molar-refractivity contribution is -0.161. The van der Waals surface area contributed by atoms with Crippen LogP contribution in [0.5, 0.6) is 0 Å². The highest BCUT2D eigenvalue weighted by Crippen LogP contribution is 2.45. The summed E-state index contributed by atoms with van der Waals surface area (Å²) in [6.07, 6.45) is 67.9. The summed E-state index contributed by atoms with van der Waals surface area (Å²) in [5, 5.41) is 10.7. The first-order valence-electron chi connectivity index (χ1n) is 44.9. The fourth-order valence-electron chi connectivity index (χ4n) is 13.5. The number of ether oxygens (including phenoxy) is 4. The van der Waals surface area contributed by atoms with E-state index in [2.05, 4.69) is 48.5 Å². The zero-order chi connectivity index (χ0) is 77.9. The van der Waals surface area contributed by atoms with E-state index >= 15 is 0 Å². The molecule has 3 N–H and O–H groups in total. The Labute approximate surface area is 651 Å². The van der Waals surface area contributed by atoms with E-state index in [-0.39, 0.29) is 25.7 Å². The molecule has 0 aliphatic carbocycles. The SMILES string of the molecule is CCCCCCCCCCCCCCCC(=O)OC[C@H](COP(=O)(O)OC[C@H](O)COP(=O)(O)OC[C@@H](COC(=O)CCCCCCCCCCCCCCCCC(C)C)OC(=O)CCCCCCCCCCCCCCCCCCCCC(C)CC)OC(=O)CCCCCCCCCCCCCC(C)C. The number of aliphatic hydroxyl groups is 1. The first-order valence-corrected chi connectivity index (χ1v) is 47.9. The summed E-state index contributed by atoms with van der Waals surface area (Å²) in [5.41, 5.74) is 0. The van der Waals surface area contributed by atoms with Crippen LogP contribution < -0.4 is 0 Å². The molecule has 0 aliphatic heterocycles. The van der Waals surface area contributed by atoms with Gasteiger partial charge in [-0.1, -0.05) is 408 Å². The Bertz CT molecular complexity index is 2050. The number of phosphoric ester groups is 2. The fourth-order valence-corrected chi connectivity index (χ4v) is 15.1. The molecule has 0 aromatic heterocycles. The number of carbonyl (C=O) groups excluding carboxylic acids is 4. The van der Waals surface area contributed by atoms with Gasteiger partial charge in [0, 0.05) is 25.7 Å². The molecule has 0 fully saturated rings. The number of unbranched alkanes of at least 4 members (excludes halogenated alkanes) is 52. The summed E-state index contributed by atoms with van der Waals surface area (Å²) in [6, 6.07) is 0. The molecule has 0 aliphatic rings. The summed E-state index contributed by atoms with van der Waals surface area (Å²) < 4.78 is 68.9. The normalized spacial score (nSPS) is 14.1. The third-order valence-corrected chi connectivity index (χ3v) is 22.6. The molecular formula is C87H170O17P2. The van der Waals surface area contributed by atoms with Crippen LogP contribution in [0, 0.1) is 17.8 Å². The minimum absolute atomic E-state index is 0.107. The molecule has 0 rings (SSSR count). The van der Waals surface area contributed by atoms with Crippen molar-refractivity contribution in [2.75, 3.05) is 39.6 Å². The molecule has 0 bridgehead atoms. The third-order valence-electron chi connectivity index (χ3n) is 20.7. The lowest BCUT2D eigenvalue weighted by atomic mass is 9.99. The maximum atomic E-state index is 13.2. The Balaban J connectivity index is 5.25. The molecule has 0 saturated carbocycles. The number of esters is 4. The Morgan fingerprint density at radius 1 is 0.274 bits per heavy atom. The summed E-state index contributed by atoms with van der Waals surface area (Å²) in [5.74, 6) is 0.334. The van der Waals surface area contributed by atoms with Crippen LogP contribution in [0.1, 0.15) is 459 Å². The molecule has 0 heterocycles. The van der Waals surface area contributed by atoms with Gasteiger partial charge in [0.1, 0.15) is 19.3 Å². The van der Waals surface area contributed by atoms with E-state index in [9.17, 15) is 43.2 Å². The number of hydrogen-bond acceptors (Lipinski definition) is 15. The van der Waals surface area contributed by atoms with Gasteiger partial charge in [0.05, 0.1) is 26.4 Å². The van der Waals surface area contributed by atoms with Crippen LogP contribution >= 0.6 is 15.6 Å². The molecule has 0 amide bonds. The number of phosphoric acid groups is 2. The minimum atomic E-state index is -4.97. The number of rotatable bonds is 85. The second kappa shape index (κ2) is 77.0. The topological polar surface area (TPSA) is 237 Å². The maximum Gasteiger partial charge on any atom is 0.472 e. The second-order valence-electron chi connectivity index (χ2n) is 32.5.